The van der Waals surface area contributed by atoms with Gasteiger partial charge < -0.3 is 10.2 Å². The van der Waals surface area contributed by atoms with Crippen molar-refractivity contribution in [3.8, 4) is 0 Å². The third-order valence-corrected chi connectivity index (χ3v) is 3.59. The van der Waals surface area contributed by atoms with E-state index < -0.39 is 0 Å². The molecule has 1 aliphatic rings. The maximum Gasteiger partial charge on any atom is 0.230 e. The third-order valence-electron chi connectivity index (χ3n) is 3.59. The molecule has 0 aromatic heterocycles. The first-order chi connectivity index (χ1) is 8.72. The highest BCUT2D eigenvalue weighted by Crippen LogP contribution is 2.22. The van der Waals surface area contributed by atoms with Crippen LogP contribution in [-0.4, -0.2) is 36.5 Å². The van der Waals surface area contributed by atoms with Crippen LogP contribution in [0.5, 0.6) is 0 Å². The number of benzene rings is 1. The monoisotopic (exact) mass is 246 g/mol. The first-order valence-corrected chi connectivity index (χ1v) is 6.79. The molecule has 0 bridgehead atoms. The molecule has 1 amide bonds. The summed E-state index contributed by atoms with van der Waals surface area (Å²) in [5.74, 6) is 0.286. The van der Waals surface area contributed by atoms with Gasteiger partial charge in [0.15, 0.2) is 0 Å². The summed E-state index contributed by atoms with van der Waals surface area (Å²) in [5, 5.41) is 3.37. The van der Waals surface area contributed by atoms with Gasteiger partial charge in [0.25, 0.3) is 0 Å². The van der Waals surface area contributed by atoms with E-state index in [1.807, 2.05) is 23.1 Å². The van der Waals surface area contributed by atoms with Gasteiger partial charge in [-0.2, -0.15) is 0 Å². The lowest BCUT2D eigenvalue weighted by Crippen LogP contribution is -2.52. The van der Waals surface area contributed by atoms with Crippen LogP contribution in [0.25, 0.3) is 0 Å². The van der Waals surface area contributed by atoms with Crippen LogP contribution in [0.2, 0.25) is 0 Å². The maximum absolute atomic E-state index is 12.6. The van der Waals surface area contributed by atoms with Crippen LogP contribution in [0.3, 0.4) is 0 Å². The standard InChI is InChI=1S/C15H22N2O/c1-3-14(13-7-5-4-6-8-13)15(18)17-10-9-16-12(2)11-17/h4-8,12,14,16H,3,9-11H2,1-2H3. The summed E-state index contributed by atoms with van der Waals surface area (Å²) in [7, 11) is 0. The second-order valence-corrected chi connectivity index (χ2v) is 5.01. The second-order valence-electron chi connectivity index (χ2n) is 5.01. The van der Waals surface area contributed by atoms with Crippen LogP contribution < -0.4 is 5.32 Å². The number of amides is 1. The molecule has 2 rings (SSSR count). The fraction of sp³-hybridized carbons (Fsp3) is 0.533. The second kappa shape index (κ2) is 6.01. The molecule has 1 heterocycles. The highest BCUT2D eigenvalue weighted by Gasteiger charge is 2.27. The lowest BCUT2D eigenvalue weighted by atomic mass is 9.94. The summed E-state index contributed by atoms with van der Waals surface area (Å²) in [6, 6.07) is 10.5. The Balaban J connectivity index is 2.10. The Morgan fingerprint density at radius 3 is 2.78 bits per heavy atom. The number of rotatable bonds is 3. The fourth-order valence-electron chi connectivity index (χ4n) is 2.59. The van der Waals surface area contributed by atoms with E-state index in [4.69, 9.17) is 0 Å². The topological polar surface area (TPSA) is 32.3 Å². The largest absolute Gasteiger partial charge is 0.339 e. The van der Waals surface area contributed by atoms with E-state index in [2.05, 4.69) is 31.3 Å². The molecule has 0 saturated carbocycles. The van der Waals surface area contributed by atoms with E-state index >= 15 is 0 Å². The van der Waals surface area contributed by atoms with Crippen molar-refractivity contribution in [2.75, 3.05) is 19.6 Å². The Kier molecular flexibility index (Phi) is 4.37. The Labute approximate surface area is 109 Å². The van der Waals surface area contributed by atoms with Crippen molar-refractivity contribution in [1.29, 1.82) is 0 Å². The van der Waals surface area contributed by atoms with Gasteiger partial charge in [0.2, 0.25) is 5.91 Å². The number of carbonyl (C=O) groups is 1. The predicted octanol–water partition coefficient (Wildman–Crippen LogP) is 2.00. The van der Waals surface area contributed by atoms with Crippen molar-refractivity contribution in [2.24, 2.45) is 0 Å². The number of hydrogen-bond acceptors (Lipinski definition) is 2. The van der Waals surface area contributed by atoms with Gasteiger partial charge in [0, 0.05) is 25.7 Å². The van der Waals surface area contributed by atoms with E-state index in [1.54, 1.807) is 0 Å². The average Bonchev–Trinajstić information content (AvgIpc) is 2.41. The Morgan fingerprint density at radius 1 is 1.44 bits per heavy atom. The van der Waals surface area contributed by atoms with E-state index in [-0.39, 0.29) is 11.8 Å². The van der Waals surface area contributed by atoms with Gasteiger partial charge in [-0.15, -0.1) is 0 Å². The lowest BCUT2D eigenvalue weighted by Gasteiger charge is -2.34. The molecule has 0 aliphatic carbocycles. The van der Waals surface area contributed by atoms with Crippen molar-refractivity contribution in [3.05, 3.63) is 35.9 Å². The van der Waals surface area contributed by atoms with Gasteiger partial charge >= 0.3 is 0 Å². The first kappa shape index (κ1) is 13.1. The van der Waals surface area contributed by atoms with Crippen molar-refractivity contribution < 1.29 is 4.79 Å². The molecule has 1 aromatic carbocycles. The summed E-state index contributed by atoms with van der Waals surface area (Å²) >= 11 is 0. The minimum absolute atomic E-state index is 0.0106. The zero-order valence-corrected chi connectivity index (χ0v) is 11.2. The van der Waals surface area contributed by atoms with Gasteiger partial charge in [0.05, 0.1) is 5.92 Å². The molecule has 0 radical (unpaired) electrons. The van der Waals surface area contributed by atoms with E-state index in [9.17, 15) is 4.79 Å². The smallest absolute Gasteiger partial charge is 0.230 e. The van der Waals surface area contributed by atoms with Crippen molar-refractivity contribution in [1.82, 2.24) is 10.2 Å². The number of piperazine rings is 1. The average molecular weight is 246 g/mol. The minimum atomic E-state index is 0.0106. The van der Waals surface area contributed by atoms with Crippen LogP contribution in [0.15, 0.2) is 30.3 Å². The van der Waals surface area contributed by atoms with Gasteiger partial charge in [-0.25, -0.2) is 0 Å². The Hall–Kier alpha value is -1.35. The maximum atomic E-state index is 12.6. The van der Waals surface area contributed by atoms with Crippen molar-refractivity contribution in [2.45, 2.75) is 32.2 Å². The number of nitrogens with zero attached hydrogens (tertiary/aromatic N) is 1. The molecule has 1 aliphatic heterocycles. The summed E-state index contributed by atoms with van der Waals surface area (Å²) in [6.45, 7) is 6.76. The molecule has 1 fully saturated rings. The molecule has 98 valence electrons. The van der Waals surface area contributed by atoms with E-state index in [0.29, 0.717) is 6.04 Å². The Bertz CT molecular complexity index is 391. The quantitative estimate of drug-likeness (QED) is 0.884. The van der Waals surface area contributed by atoms with Crippen LogP contribution in [0, 0.1) is 0 Å². The third kappa shape index (κ3) is 2.91. The molecule has 1 aromatic rings. The molecule has 0 spiro atoms. The number of carbonyl (C=O) groups excluding carboxylic acids is 1. The van der Waals surface area contributed by atoms with Crippen molar-refractivity contribution in [3.63, 3.8) is 0 Å². The highest BCUT2D eigenvalue weighted by molar-refractivity contribution is 5.83. The molecule has 2 atom stereocenters. The van der Waals surface area contributed by atoms with Crippen molar-refractivity contribution >= 4 is 5.91 Å². The van der Waals surface area contributed by atoms with Gasteiger partial charge in [0.1, 0.15) is 0 Å². The van der Waals surface area contributed by atoms with Gasteiger partial charge in [-0.05, 0) is 18.9 Å². The number of nitrogens with one attached hydrogen (secondary N) is 1. The van der Waals surface area contributed by atoms with Gasteiger partial charge in [-0.1, -0.05) is 37.3 Å². The molecule has 2 unspecified atom stereocenters. The van der Waals surface area contributed by atoms with Crippen LogP contribution >= 0.6 is 0 Å². The number of hydrogen-bond donors (Lipinski definition) is 1. The molecule has 18 heavy (non-hydrogen) atoms. The predicted molar refractivity (Wildman–Crippen MR) is 73.5 cm³/mol. The summed E-state index contributed by atoms with van der Waals surface area (Å²) in [5.41, 5.74) is 1.14. The first-order valence-electron chi connectivity index (χ1n) is 6.79. The molecular formula is C15H22N2O. The van der Waals surface area contributed by atoms with Gasteiger partial charge in [-0.3, -0.25) is 4.79 Å². The molecule has 1 N–H and O–H groups in total. The van der Waals surface area contributed by atoms with E-state index in [0.717, 1.165) is 31.6 Å². The highest BCUT2D eigenvalue weighted by atomic mass is 16.2. The van der Waals surface area contributed by atoms with Crippen LogP contribution in [0.1, 0.15) is 31.7 Å². The lowest BCUT2D eigenvalue weighted by molar-refractivity contribution is -0.134. The van der Waals surface area contributed by atoms with Crippen LogP contribution in [0.4, 0.5) is 0 Å². The fourth-order valence-corrected chi connectivity index (χ4v) is 2.59. The zero-order chi connectivity index (χ0) is 13.0. The Morgan fingerprint density at radius 2 is 2.17 bits per heavy atom. The summed E-state index contributed by atoms with van der Waals surface area (Å²) < 4.78 is 0. The normalized spacial score (nSPS) is 21.7. The summed E-state index contributed by atoms with van der Waals surface area (Å²) in [6.07, 6.45) is 0.862. The SMILES string of the molecule is CCC(C(=O)N1CCNC(C)C1)c1ccccc1. The molecule has 3 nitrogen and oxygen atoms in total. The molecular weight excluding hydrogens is 224 g/mol. The summed E-state index contributed by atoms with van der Waals surface area (Å²) in [4.78, 5) is 14.6. The molecule has 1 saturated heterocycles. The van der Waals surface area contributed by atoms with E-state index in [1.165, 1.54) is 0 Å². The zero-order valence-electron chi connectivity index (χ0n) is 11.2. The molecule has 3 heteroatoms. The minimum Gasteiger partial charge on any atom is -0.339 e. The van der Waals surface area contributed by atoms with Crippen LogP contribution in [-0.2, 0) is 4.79 Å².